The average molecular weight is 416 g/mol. The highest BCUT2D eigenvalue weighted by atomic mass is 127. The maximum absolute atomic E-state index is 11.0. The Bertz CT molecular complexity index is 493. The van der Waals surface area contributed by atoms with Crippen LogP contribution in [-0.2, 0) is 6.54 Å². The van der Waals surface area contributed by atoms with E-state index in [9.17, 15) is 4.79 Å². The number of nitrogens with one attached hydrogen (secondary N) is 1. The first-order valence-corrected chi connectivity index (χ1v) is 7.60. The van der Waals surface area contributed by atoms with Gasteiger partial charge in [0.25, 0.3) is 0 Å². The zero-order valence-electron chi connectivity index (χ0n) is 12.8. The molecule has 6 heteroatoms. The molecule has 0 spiro atoms. The lowest BCUT2D eigenvalue weighted by atomic mass is 10.1. The minimum Gasteiger partial charge on any atom is -0.370 e. The largest absolute Gasteiger partial charge is 0.370 e. The van der Waals surface area contributed by atoms with Gasteiger partial charge in [-0.1, -0.05) is 37.8 Å². The lowest BCUT2D eigenvalue weighted by Gasteiger charge is -2.16. The van der Waals surface area contributed by atoms with Gasteiger partial charge in [0, 0.05) is 11.6 Å². The fourth-order valence-electron chi connectivity index (χ4n) is 2.63. The average Bonchev–Trinajstić information content (AvgIpc) is 2.74. The van der Waals surface area contributed by atoms with Crippen molar-refractivity contribution in [3.8, 4) is 0 Å². The molecule has 1 amide bonds. The summed E-state index contributed by atoms with van der Waals surface area (Å²) in [7, 11) is 0. The smallest absolute Gasteiger partial charge is 0.248 e. The summed E-state index contributed by atoms with van der Waals surface area (Å²) in [4.78, 5) is 15.4. The first-order valence-electron chi connectivity index (χ1n) is 7.60. The zero-order valence-corrected chi connectivity index (χ0v) is 15.1. The maximum Gasteiger partial charge on any atom is 0.248 e. The third-order valence-electron chi connectivity index (χ3n) is 3.88. The maximum atomic E-state index is 11.0. The summed E-state index contributed by atoms with van der Waals surface area (Å²) in [5.41, 5.74) is 12.7. The number of amides is 1. The molecule has 22 heavy (non-hydrogen) atoms. The summed E-state index contributed by atoms with van der Waals surface area (Å²) in [6, 6.07) is 7.57. The predicted molar refractivity (Wildman–Crippen MR) is 100 cm³/mol. The molecule has 0 saturated heterocycles. The second-order valence-electron chi connectivity index (χ2n) is 5.60. The molecule has 1 saturated carbocycles. The molecule has 0 bridgehead atoms. The van der Waals surface area contributed by atoms with E-state index in [0.29, 0.717) is 24.1 Å². The van der Waals surface area contributed by atoms with E-state index in [1.807, 2.05) is 12.1 Å². The summed E-state index contributed by atoms with van der Waals surface area (Å²) in [5, 5.41) is 3.31. The van der Waals surface area contributed by atoms with E-state index in [2.05, 4.69) is 10.3 Å². The third kappa shape index (κ3) is 6.21. The van der Waals surface area contributed by atoms with Gasteiger partial charge in [0.15, 0.2) is 5.96 Å². The molecule has 0 aliphatic heterocycles. The summed E-state index contributed by atoms with van der Waals surface area (Å²) in [6.07, 6.45) is 7.51. The minimum atomic E-state index is -0.417. The van der Waals surface area contributed by atoms with Crippen molar-refractivity contribution in [3.63, 3.8) is 0 Å². The van der Waals surface area contributed by atoms with Crippen molar-refractivity contribution in [2.75, 3.05) is 0 Å². The Hall–Kier alpha value is -1.31. The summed E-state index contributed by atoms with van der Waals surface area (Å²) in [6.45, 7) is 0.505. The zero-order chi connectivity index (χ0) is 15.1. The Labute approximate surface area is 149 Å². The van der Waals surface area contributed by atoms with E-state index < -0.39 is 5.91 Å². The van der Waals surface area contributed by atoms with E-state index >= 15 is 0 Å². The SMILES string of the molecule is I.NC(=O)c1ccc(CN=C(N)NC2CCCCCC2)cc1. The Balaban J connectivity index is 0.00000242. The van der Waals surface area contributed by atoms with E-state index in [4.69, 9.17) is 11.5 Å². The number of benzene rings is 1. The molecule has 5 nitrogen and oxygen atoms in total. The molecule has 1 fully saturated rings. The fourth-order valence-corrected chi connectivity index (χ4v) is 2.63. The highest BCUT2D eigenvalue weighted by Gasteiger charge is 2.12. The second-order valence-corrected chi connectivity index (χ2v) is 5.60. The van der Waals surface area contributed by atoms with E-state index in [1.165, 1.54) is 38.5 Å². The minimum absolute atomic E-state index is 0. The number of nitrogens with two attached hydrogens (primary N) is 2. The highest BCUT2D eigenvalue weighted by Crippen LogP contribution is 2.17. The van der Waals surface area contributed by atoms with Gasteiger partial charge < -0.3 is 16.8 Å². The van der Waals surface area contributed by atoms with E-state index in [-0.39, 0.29) is 24.0 Å². The molecule has 1 aliphatic carbocycles. The molecule has 1 aromatic rings. The van der Waals surface area contributed by atoms with Crippen molar-refractivity contribution < 1.29 is 4.79 Å². The van der Waals surface area contributed by atoms with Gasteiger partial charge in [-0.3, -0.25) is 4.79 Å². The van der Waals surface area contributed by atoms with Crippen molar-refractivity contribution in [3.05, 3.63) is 35.4 Å². The van der Waals surface area contributed by atoms with Crippen molar-refractivity contribution in [2.45, 2.75) is 51.1 Å². The van der Waals surface area contributed by atoms with Crippen molar-refractivity contribution in [2.24, 2.45) is 16.5 Å². The normalized spacial score (nSPS) is 16.5. The van der Waals surface area contributed by atoms with Crippen molar-refractivity contribution >= 4 is 35.8 Å². The number of guanidine groups is 1. The Morgan fingerprint density at radius 2 is 1.68 bits per heavy atom. The number of hydrogen-bond acceptors (Lipinski definition) is 2. The van der Waals surface area contributed by atoms with Crippen LogP contribution < -0.4 is 16.8 Å². The summed E-state index contributed by atoms with van der Waals surface area (Å²) in [5.74, 6) is 0.0838. The Morgan fingerprint density at radius 1 is 1.09 bits per heavy atom. The van der Waals surface area contributed by atoms with Gasteiger partial charge in [0.1, 0.15) is 0 Å². The number of nitrogens with zero attached hydrogens (tertiary/aromatic N) is 1. The molecule has 122 valence electrons. The fraction of sp³-hybridized carbons (Fsp3) is 0.500. The first-order chi connectivity index (χ1) is 10.1. The van der Waals surface area contributed by atoms with Gasteiger partial charge in [-0.05, 0) is 30.5 Å². The number of aliphatic imine (C=N–C) groups is 1. The molecule has 0 unspecified atom stereocenters. The molecular formula is C16H25IN4O. The van der Waals surface area contributed by atoms with Crippen LogP contribution in [0.1, 0.15) is 54.4 Å². The van der Waals surface area contributed by atoms with Crippen LogP contribution in [0.3, 0.4) is 0 Å². The van der Waals surface area contributed by atoms with Gasteiger partial charge in [0.2, 0.25) is 5.91 Å². The standard InChI is InChI=1S/C16H24N4O.HI/c17-15(21)13-9-7-12(8-10-13)11-19-16(18)20-14-5-3-1-2-4-6-14;/h7-10,14H,1-6,11H2,(H2,17,21)(H3,18,19,20);1H. The van der Waals surface area contributed by atoms with Gasteiger partial charge in [0.05, 0.1) is 6.54 Å². The molecule has 1 aromatic carbocycles. The Kier molecular flexibility index (Phi) is 8.22. The van der Waals surface area contributed by atoms with Gasteiger partial charge in [-0.25, -0.2) is 4.99 Å². The molecule has 5 N–H and O–H groups in total. The van der Waals surface area contributed by atoms with E-state index in [0.717, 1.165) is 5.56 Å². The van der Waals surface area contributed by atoms with Crippen LogP contribution in [0, 0.1) is 0 Å². The van der Waals surface area contributed by atoms with Crippen molar-refractivity contribution in [1.29, 1.82) is 0 Å². The number of rotatable bonds is 4. The highest BCUT2D eigenvalue weighted by molar-refractivity contribution is 14.0. The number of halogens is 1. The summed E-state index contributed by atoms with van der Waals surface area (Å²) >= 11 is 0. The predicted octanol–water partition coefficient (Wildman–Crippen LogP) is 2.53. The van der Waals surface area contributed by atoms with Gasteiger partial charge >= 0.3 is 0 Å². The number of hydrogen-bond donors (Lipinski definition) is 3. The first kappa shape index (κ1) is 18.7. The van der Waals surface area contributed by atoms with Gasteiger partial charge in [-0.15, -0.1) is 24.0 Å². The molecular weight excluding hydrogens is 391 g/mol. The van der Waals surface area contributed by atoms with Crippen LogP contribution in [0.4, 0.5) is 0 Å². The molecule has 0 heterocycles. The number of primary amides is 1. The van der Waals surface area contributed by atoms with Crippen LogP contribution in [0.15, 0.2) is 29.3 Å². The monoisotopic (exact) mass is 416 g/mol. The topological polar surface area (TPSA) is 93.5 Å². The molecule has 0 radical (unpaired) electrons. The van der Waals surface area contributed by atoms with Gasteiger partial charge in [-0.2, -0.15) is 0 Å². The number of carbonyl (C=O) groups is 1. The van der Waals surface area contributed by atoms with E-state index in [1.54, 1.807) is 12.1 Å². The van der Waals surface area contributed by atoms with Crippen LogP contribution in [0.5, 0.6) is 0 Å². The molecule has 0 aromatic heterocycles. The van der Waals surface area contributed by atoms with Crippen molar-refractivity contribution in [1.82, 2.24) is 5.32 Å². The summed E-state index contributed by atoms with van der Waals surface area (Å²) < 4.78 is 0. The Morgan fingerprint density at radius 3 is 2.23 bits per heavy atom. The quantitative estimate of drug-likeness (QED) is 0.305. The second kappa shape index (κ2) is 9.66. The van der Waals surface area contributed by atoms with Crippen LogP contribution in [0.25, 0.3) is 0 Å². The third-order valence-corrected chi connectivity index (χ3v) is 3.88. The van der Waals surface area contributed by atoms with Crippen LogP contribution >= 0.6 is 24.0 Å². The molecule has 0 atom stereocenters. The lowest BCUT2D eigenvalue weighted by molar-refractivity contribution is 0.100. The molecule has 1 aliphatic rings. The number of carbonyl (C=O) groups excluding carboxylic acids is 1. The molecule has 2 rings (SSSR count). The van der Waals surface area contributed by atoms with Crippen LogP contribution in [0.2, 0.25) is 0 Å². The van der Waals surface area contributed by atoms with Crippen LogP contribution in [-0.4, -0.2) is 17.9 Å². The lowest BCUT2D eigenvalue weighted by Crippen LogP contribution is -2.39.